The van der Waals surface area contributed by atoms with Gasteiger partial charge in [-0.1, -0.05) is 19.1 Å². The molecule has 1 aromatic carbocycles. The Morgan fingerprint density at radius 1 is 1.23 bits per heavy atom. The predicted molar refractivity (Wildman–Crippen MR) is 113 cm³/mol. The van der Waals surface area contributed by atoms with E-state index < -0.39 is 21.3 Å². The van der Waals surface area contributed by atoms with E-state index >= 15 is 0 Å². The number of fused-ring (bicyclic) bond motifs is 1. The minimum atomic E-state index is -3.49. The molecule has 0 radical (unpaired) electrons. The lowest BCUT2D eigenvalue weighted by Gasteiger charge is -2.29. The summed E-state index contributed by atoms with van der Waals surface area (Å²) in [4.78, 5) is 19.7. The molecule has 1 aliphatic carbocycles. The topological polar surface area (TPSA) is 91.9 Å². The maximum absolute atomic E-state index is 13.7. The summed E-state index contributed by atoms with van der Waals surface area (Å²) in [5.74, 6) is -0.492. The number of amides is 1. The average Bonchev–Trinajstić information content (AvgIpc) is 3.18. The molecule has 3 aromatic rings. The van der Waals surface area contributed by atoms with Crippen LogP contribution in [0.25, 0.3) is 10.9 Å². The van der Waals surface area contributed by atoms with Crippen LogP contribution in [-0.2, 0) is 16.4 Å². The van der Waals surface area contributed by atoms with Gasteiger partial charge in [0.2, 0.25) is 0 Å². The Morgan fingerprint density at radius 3 is 2.70 bits per heavy atom. The van der Waals surface area contributed by atoms with Gasteiger partial charge in [-0.05, 0) is 55.0 Å². The van der Waals surface area contributed by atoms with Crippen LogP contribution in [0, 0.1) is 5.92 Å². The van der Waals surface area contributed by atoms with Gasteiger partial charge in [0.1, 0.15) is 11.9 Å². The predicted octanol–water partition coefficient (Wildman–Crippen LogP) is 3.79. The standard InChI is InChI=1S/C22H24FN3O3S/c1-14-10-18(6-7-19(14)23)30(28,29)17-4-2-15(3-5-17)12-25-22(27)20-11-16-8-9-24-13-21(16)26-20/h2-5,8-9,11,13-14,18-19,26H,6-7,10,12H2,1H3,(H,25,27). The number of hydrogen-bond donors (Lipinski definition) is 2. The molecule has 2 N–H and O–H groups in total. The fourth-order valence-corrected chi connectivity index (χ4v) is 5.86. The van der Waals surface area contributed by atoms with Crippen LogP contribution < -0.4 is 5.32 Å². The first-order valence-corrected chi connectivity index (χ1v) is 11.6. The number of halogens is 1. The van der Waals surface area contributed by atoms with E-state index in [2.05, 4.69) is 15.3 Å². The van der Waals surface area contributed by atoms with E-state index in [1.807, 2.05) is 6.07 Å². The molecule has 3 unspecified atom stereocenters. The highest BCUT2D eigenvalue weighted by molar-refractivity contribution is 7.92. The first-order valence-electron chi connectivity index (χ1n) is 10.0. The molecule has 1 amide bonds. The number of hydrogen-bond acceptors (Lipinski definition) is 4. The lowest BCUT2D eigenvalue weighted by molar-refractivity contribution is 0.0946. The third-order valence-electron chi connectivity index (χ3n) is 5.83. The van der Waals surface area contributed by atoms with Gasteiger partial charge in [0.05, 0.1) is 21.9 Å². The second-order valence-corrected chi connectivity index (χ2v) is 10.2. The highest BCUT2D eigenvalue weighted by atomic mass is 32.2. The maximum atomic E-state index is 13.7. The summed E-state index contributed by atoms with van der Waals surface area (Å²) in [6.07, 6.45) is 3.39. The monoisotopic (exact) mass is 429 g/mol. The molecular formula is C22H24FN3O3S. The van der Waals surface area contributed by atoms with Crippen LogP contribution in [0.1, 0.15) is 42.2 Å². The van der Waals surface area contributed by atoms with Gasteiger partial charge < -0.3 is 10.3 Å². The molecule has 1 aliphatic rings. The average molecular weight is 430 g/mol. The van der Waals surface area contributed by atoms with Gasteiger partial charge in [-0.2, -0.15) is 0 Å². The Morgan fingerprint density at radius 2 is 2.00 bits per heavy atom. The third kappa shape index (κ3) is 4.09. The molecule has 3 atom stereocenters. The normalized spacial score (nSPS) is 22.1. The van der Waals surface area contributed by atoms with Gasteiger partial charge in [0.15, 0.2) is 9.84 Å². The SMILES string of the molecule is CC1CC(S(=O)(=O)c2ccc(CNC(=O)c3cc4ccncc4[nH]3)cc2)CCC1F. The Hall–Kier alpha value is -2.74. The summed E-state index contributed by atoms with van der Waals surface area (Å²) in [6.45, 7) is 2.04. The molecule has 8 heteroatoms. The van der Waals surface area contributed by atoms with Crippen molar-refractivity contribution in [1.29, 1.82) is 0 Å². The minimum Gasteiger partial charge on any atom is -0.349 e. The number of nitrogens with zero attached hydrogens (tertiary/aromatic N) is 1. The molecule has 0 spiro atoms. The number of pyridine rings is 1. The van der Waals surface area contributed by atoms with Gasteiger partial charge in [0.25, 0.3) is 5.91 Å². The van der Waals surface area contributed by atoms with Crippen molar-refractivity contribution in [2.24, 2.45) is 5.92 Å². The number of H-pyrrole nitrogens is 1. The van der Waals surface area contributed by atoms with Crippen molar-refractivity contribution < 1.29 is 17.6 Å². The van der Waals surface area contributed by atoms with Crippen LogP contribution in [0.2, 0.25) is 0 Å². The van der Waals surface area contributed by atoms with E-state index in [1.165, 1.54) is 0 Å². The molecule has 0 bridgehead atoms. The molecule has 0 aliphatic heterocycles. The van der Waals surface area contributed by atoms with Crippen molar-refractivity contribution >= 4 is 26.6 Å². The van der Waals surface area contributed by atoms with Crippen LogP contribution in [0.15, 0.2) is 53.7 Å². The van der Waals surface area contributed by atoms with Gasteiger partial charge >= 0.3 is 0 Å². The van der Waals surface area contributed by atoms with Crippen LogP contribution in [-0.4, -0.2) is 35.7 Å². The van der Waals surface area contributed by atoms with Crippen molar-refractivity contribution in [3.63, 3.8) is 0 Å². The summed E-state index contributed by atoms with van der Waals surface area (Å²) in [6, 6.07) is 10.1. The molecule has 1 saturated carbocycles. The number of aromatic amines is 1. The second kappa shape index (κ2) is 8.18. The quantitative estimate of drug-likeness (QED) is 0.645. The molecule has 0 saturated heterocycles. The number of carbonyl (C=O) groups excluding carboxylic acids is 1. The van der Waals surface area contributed by atoms with Crippen LogP contribution in [0.4, 0.5) is 4.39 Å². The van der Waals surface area contributed by atoms with Crippen molar-refractivity contribution in [2.45, 2.75) is 49.0 Å². The van der Waals surface area contributed by atoms with E-state index in [1.54, 1.807) is 49.6 Å². The summed E-state index contributed by atoms with van der Waals surface area (Å²) < 4.78 is 39.5. The number of alkyl halides is 1. The number of nitrogens with one attached hydrogen (secondary N) is 2. The van der Waals surface area contributed by atoms with E-state index in [-0.39, 0.29) is 23.3 Å². The summed E-state index contributed by atoms with van der Waals surface area (Å²) >= 11 is 0. The Labute approximate surface area is 174 Å². The van der Waals surface area contributed by atoms with E-state index in [0.717, 1.165) is 16.5 Å². The summed E-state index contributed by atoms with van der Waals surface area (Å²) in [5.41, 5.74) is 2.02. The lowest BCUT2D eigenvalue weighted by Crippen LogP contribution is -2.33. The summed E-state index contributed by atoms with van der Waals surface area (Å²) in [7, 11) is -3.49. The number of sulfone groups is 1. The van der Waals surface area contributed by atoms with Crippen molar-refractivity contribution in [3.8, 4) is 0 Å². The molecule has 2 aromatic heterocycles. The number of carbonyl (C=O) groups is 1. The molecule has 158 valence electrons. The molecule has 2 heterocycles. The lowest BCUT2D eigenvalue weighted by atomic mass is 9.89. The smallest absolute Gasteiger partial charge is 0.267 e. The van der Waals surface area contributed by atoms with Gasteiger partial charge in [-0.15, -0.1) is 0 Å². The first kappa shape index (κ1) is 20.5. The summed E-state index contributed by atoms with van der Waals surface area (Å²) in [5, 5.41) is 3.19. The zero-order valence-corrected chi connectivity index (χ0v) is 17.5. The first-order chi connectivity index (χ1) is 14.3. The van der Waals surface area contributed by atoms with Crippen molar-refractivity contribution in [3.05, 3.63) is 60.0 Å². The Kier molecular flexibility index (Phi) is 5.60. The number of rotatable bonds is 5. The molecule has 30 heavy (non-hydrogen) atoms. The number of benzene rings is 1. The van der Waals surface area contributed by atoms with Crippen LogP contribution >= 0.6 is 0 Å². The van der Waals surface area contributed by atoms with E-state index in [0.29, 0.717) is 25.0 Å². The molecular weight excluding hydrogens is 405 g/mol. The molecule has 4 rings (SSSR count). The van der Waals surface area contributed by atoms with Crippen molar-refractivity contribution in [1.82, 2.24) is 15.3 Å². The highest BCUT2D eigenvalue weighted by Gasteiger charge is 2.35. The molecule has 1 fully saturated rings. The van der Waals surface area contributed by atoms with Crippen LogP contribution in [0.5, 0.6) is 0 Å². The van der Waals surface area contributed by atoms with Crippen LogP contribution in [0.3, 0.4) is 0 Å². The van der Waals surface area contributed by atoms with E-state index in [9.17, 15) is 17.6 Å². The fraction of sp³-hybridized carbons (Fsp3) is 0.364. The minimum absolute atomic E-state index is 0.242. The van der Waals surface area contributed by atoms with Gasteiger partial charge in [-0.3, -0.25) is 9.78 Å². The number of aromatic nitrogens is 2. The zero-order chi connectivity index (χ0) is 21.3. The largest absolute Gasteiger partial charge is 0.349 e. The van der Waals surface area contributed by atoms with E-state index in [4.69, 9.17) is 0 Å². The highest BCUT2D eigenvalue weighted by Crippen LogP contribution is 2.33. The molecule has 6 nitrogen and oxygen atoms in total. The maximum Gasteiger partial charge on any atom is 0.267 e. The van der Waals surface area contributed by atoms with Crippen molar-refractivity contribution in [2.75, 3.05) is 0 Å². The fourth-order valence-electron chi connectivity index (χ4n) is 3.95. The van der Waals surface area contributed by atoms with Gasteiger partial charge in [-0.25, -0.2) is 12.8 Å². The Balaban J connectivity index is 1.40. The third-order valence-corrected chi connectivity index (χ3v) is 8.06. The Bertz CT molecular complexity index is 1120. The zero-order valence-electron chi connectivity index (χ0n) is 16.6. The van der Waals surface area contributed by atoms with Gasteiger partial charge in [0, 0.05) is 18.1 Å². The second-order valence-electron chi connectivity index (χ2n) is 7.95.